The third-order valence-corrected chi connectivity index (χ3v) is 1.63. The highest BCUT2D eigenvalue weighted by atomic mass is 16.5. The smallest absolute Gasteiger partial charge is 0.0897 e. The molecule has 0 aromatic heterocycles. The summed E-state index contributed by atoms with van der Waals surface area (Å²) in [5.41, 5.74) is 0.0546. The molecule has 0 aliphatic rings. The molecule has 0 aromatic carbocycles. The van der Waals surface area contributed by atoms with Crippen molar-refractivity contribution in [3.63, 3.8) is 0 Å². The van der Waals surface area contributed by atoms with Crippen molar-refractivity contribution >= 4 is 0 Å². The van der Waals surface area contributed by atoms with Gasteiger partial charge < -0.3 is 15.2 Å². The largest absolute Gasteiger partial charge is 0.389 e. The SMILES string of the molecule is CC(C)COCC(O)CNC(C)(C)C. The molecule has 0 aliphatic carbocycles. The minimum atomic E-state index is -0.409. The maximum Gasteiger partial charge on any atom is 0.0897 e. The van der Waals surface area contributed by atoms with E-state index in [1.165, 1.54) is 0 Å². The molecule has 0 aliphatic heterocycles. The van der Waals surface area contributed by atoms with Crippen molar-refractivity contribution < 1.29 is 9.84 Å². The lowest BCUT2D eigenvalue weighted by Gasteiger charge is -2.23. The molecule has 0 rings (SSSR count). The molecule has 0 spiro atoms. The first kappa shape index (κ1) is 13.9. The average molecular weight is 203 g/mol. The predicted molar refractivity (Wildman–Crippen MR) is 59.4 cm³/mol. The first-order chi connectivity index (χ1) is 6.31. The molecular weight excluding hydrogens is 178 g/mol. The maximum atomic E-state index is 9.54. The number of aliphatic hydroxyl groups is 1. The summed E-state index contributed by atoms with van der Waals surface area (Å²) in [6.45, 7) is 12.1. The lowest BCUT2D eigenvalue weighted by molar-refractivity contribution is 0.0236. The van der Waals surface area contributed by atoms with E-state index in [0.29, 0.717) is 25.7 Å². The van der Waals surface area contributed by atoms with Crippen molar-refractivity contribution in [3.05, 3.63) is 0 Å². The van der Waals surface area contributed by atoms with Gasteiger partial charge in [-0.3, -0.25) is 0 Å². The molecule has 0 aromatic rings. The Morgan fingerprint density at radius 3 is 2.21 bits per heavy atom. The van der Waals surface area contributed by atoms with Crippen molar-refractivity contribution in [3.8, 4) is 0 Å². The molecule has 0 amide bonds. The second-order valence-corrected chi connectivity index (χ2v) is 5.22. The van der Waals surface area contributed by atoms with Gasteiger partial charge in [0.25, 0.3) is 0 Å². The minimum absolute atomic E-state index is 0.0546. The third-order valence-electron chi connectivity index (χ3n) is 1.63. The summed E-state index contributed by atoms with van der Waals surface area (Å²) >= 11 is 0. The molecule has 3 nitrogen and oxygen atoms in total. The van der Waals surface area contributed by atoms with Crippen LogP contribution in [0, 0.1) is 5.92 Å². The number of aliphatic hydroxyl groups excluding tert-OH is 1. The van der Waals surface area contributed by atoms with Gasteiger partial charge in [-0.15, -0.1) is 0 Å². The molecule has 3 heteroatoms. The van der Waals surface area contributed by atoms with Crippen LogP contribution < -0.4 is 5.32 Å². The van der Waals surface area contributed by atoms with Gasteiger partial charge in [-0.05, 0) is 26.7 Å². The van der Waals surface area contributed by atoms with Gasteiger partial charge in [0.05, 0.1) is 12.7 Å². The molecular formula is C11H25NO2. The molecule has 0 fully saturated rings. The van der Waals surface area contributed by atoms with Gasteiger partial charge in [-0.2, -0.15) is 0 Å². The summed E-state index contributed by atoms with van der Waals surface area (Å²) < 4.78 is 5.33. The Labute approximate surface area is 87.8 Å². The number of hydrogen-bond donors (Lipinski definition) is 2. The van der Waals surface area contributed by atoms with Crippen LogP contribution in [0.15, 0.2) is 0 Å². The van der Waals surface area contributed by atoms with Crippen molar-refractivity contribution in [2.24, 2.45) is 5.92 Å². The van der Waals surface area contributed by atoms with E-state index in [1.807, 2.05) is 0 Å². The molecule has 86 valence electrons. The van der Waals surface area contributed by atoms with Gasteiger partial charge in [-0.1, -0.05) is 13.8 Å². The van der Waals surface area contributed by atoms with Crippen LogP contribution in [0.25, 0.3) is 0 Å². The first-order valence-electron chi connectivity index (χ1n) is 5.32. The van der Waals surface area contributed by atoms with E-state index >= 15 is 0 Å². The normalized spacial score (nSPS) is 14.8. The Morgan fingerprint density at radius 1 is 1.21 bits per heavy atom. The van der Waals surface area contributed by atoms with Gasteiger partial charge >= 0.3 is 0 Å². The topological polar surface area (TPSA) is 41.5 Å². The highest BCUT2D eigenvalue weighted by Crippen LogP contribution is 1.99. The molecule has 0 radical (unpaired) electrons. The summed E-state index contributed by atoms with van der Waals surface area (Å²) in [6.07, 6.45) is -0.409. The number of nitrogens with one attached hydrogen (secondary N) is 1. The van der Waals surface area contributed by atoms with Crippen molar-refractivity contribution in [2.45, 2.75) is 46.3 Å². The molecule has 1 unspecified atom stereocenters. The van der Waals surface area contributed by atoms with Crippen LogP contribution in [-0.2, 0) is 4.74 Å². The zero-order valence-corrected chi connectivity index (χ0v) is 10.1. The van der Waals surface area contributed by atoms with E-state index in [2.05, 4.69) is 39.9 Å². The van der Waals surface area contributed by atoms with Gasteiger partial charge in [0.2, 0.25) is 0 Å². The summed E-state index contributed by atoms with van der Waals surface area (Å²) in [6, 6.07) is 0. The van der Waals surface area contributed by atoms with E-state index in [1.54, 1.807) is 0 Å². The number of ether oxygens (including phenoxy) is 1. The fourth-order valence-electron chi connectivity index (χ4n) is 0.923. The van der Waals surface area contributed by atoms with Crippen LogP contribution in [0.3, 0.4) is 0 Å². The van der Waals surface area contributed by atoms with Crippen LogP contribution in [-0.4, -0.2) is 36.5 Å². The monoisotopic (exact) mass is 203 g/mol. The zero-order valence-electron chi connectivity index (χ0n) is 10.1. The summed E-state index contributed by atoms with van der Waals surface area (Å²) in [7, 11) is 0. The predicted octanol–water partition coefficient (Wildman–Crippen LogP) is 1.41. The fraction of sp³-hybridized carbons (Fsp3) is 1.00. The molecule has 0 saturated carbocycles. The van der Waals surface area contributed by atoms with Crippen LogP contribution in [0.4, 0.5) is 0 Å². The fourth-order valence-corrected chi connectivity index (χ4v) is 0.923. The van der Waals surface area contributed by atoms with E-state index in [4.69, 9.17) is 4.74 Å². The highest BCUT2D eigenvalue weighted by Gasteiger charge is 2.12. The second kappa shape index (κ2) is 6.38. The quantitative estimate of drug-likeness (QED) is 0.686. The average Bonchev–Trinajstić information content (AvgIpc) is 1.99. The van der Waals surface area contributed by atoms with E-state index in [9.17, 15) is 5.11 Å². The molecule has 0 saturated heterocycles. The standard InChI is InChI=1S/C11H25NO2/c1-9(2)7-14-8-10(13)6-12-11(3,4)5/h9-10,12-13H,6-8H2,1-5H3. The van der Waals surface area contributed by atoms with Gasteiger partial charge in [0.1, 0.15) is 0 Å². The number of hydrogen-bond acceptors (Lipinski definition) is 3. The Morgan fingerprint density at radius 2 is 1.79 bits per heavy atom. The molecule has 0 bridgehead atoms. The van der Waals surface area contributed by atoms with Crippen LogP contribution in [0.2, 0.25) is 0 Å². The molecule has 2 N–H and O–H groups in total. The van der Waals surface area contributed by atoms with Crippen molar-refractivity contribution in [1.29, 1.82) is 0 Å². The van der Waals surface area contributed by atoms with Gasteiger partial charge in [0, 0.05) is 18.7 Å². The lowest BCUT2D eigenvalue weighted by Crippen LogP contribution is -2.42. The summed E-state index contributed by atoms with van der Waals surface area (Å²) in [5, 5.41) is 12.8. The zero-order chi connectivity index (χ0) is 11.2. The first-order valence-corrected chi connectivity index (χ1v) is 5.32. The Hall–Kier alpha value is -0.120. The minimum Gasteiger partial charge on any atom is -0.389 e. The molecule has 14 heavy (non-hydrogen) atoms. The molecule has 1 atom stereocenters. The molecule has 0 heterocycles. The number of rotatable bonds is 6. The van der Waals surface area contributed by atoms with Gasteiger partial charge in [0.15, 0.2) is 0 Å². The summed E-state index contributed by atoms with van der Waals surface area (Å²) in [4.78, 5) is 0. The summed E-state index contributed by atoms with van der Waals surface area (Å²) in [5.74, 6) is 0.526. The van der Waals surface area contributed by atoms with Crippen molar-refractivity contribution in [1.82, 2.24) is 5.32 Å². The van der Waals surface area contributed by atoms with Crippen LogP contribution >= 0.6 is 0 Å². The van der Waals surface area contributed by atoms with Crippen LogP contribution in [0.5, 0.6) is 0 Å². The van der Waals surface area contributed by atoms with E-state index in [0.717, 1.165) is 0 Å². The Bertz CT molecular complexity index is 141. The van der Waals surface area contributed by atoms with Gasteiger partial charge in [-0.25, -0.2) is 0 Å². The number of β-amino-alcohol motifs (C(OH)–C–C–N with tert-alkyl or cyclic N) is 1. The highest BCUT2D eigenvalue weighted by molar-refractivity contribution is 4.72. The third kappa shape index (κ3) is 9.96. The Balaban J connectivity index is 3.42. The Kier molecular flexibility index (Phi) is 6.33. The lowest BCUT2D eigenvalue weighted by atomic mass is 10.1. The van der Waals surface area contributed by atoms with Crippen molar-refractivity contribution in [2.75, 3.05) is 19.8 Å². The maximum absolute atomic E-state index is 9.54. The van der Waals surface area contributed by atoms with Crippen LogP contribution in [0.1, 0.15) is 34.6 Å². The van der Waals surface area contributed by atoms with E-state index < -0.39 is 6.10 Å². The van der Waals surface area contributed by atoms with E-state index in [-0.39, 0.29) is 5.54 Å². The second-order valence-electron chi connectivity index (χ2n) is 5.22.